The number of sulfone groups is 1. The number of alkyl halides is 3. The number of amides is 1. The van der Waals surface area contributed by atoms with E-state index >= 15 is 0 Å². The van der Waals surface area contributed by atoms with Crippen LogP contribution in [-0.2, 0) is 14.6 Å². The average molecular weight is 400 g/mol. The number of para-hydroxylation sites is 1. The van der Waals surface area contributed by atoms with Crippen LogP contribution in [0.4, 0.5) is 24.5 Å². The van der Waals surface area contributed by atoms with Gasteiger partial charge in [0.2, 0.25) is 5.91 Å². The zero-order valence-corrected chi connectivity index (χ0v) is 15.8. The SMILES string of the molecule is Cc1cc(C)c(NC(=O)CNc2ccccc2S(=O)(=O)C(F)(F)F)c(C)c1. The predicted octanol–water partition coefficient (Wildman–Crippen LogP) is 3.96. The van der Waals surface area contributed by atoms with Crippen molar-refractivity contribution in [2.75, 3.05) is 17.2 Å². The first-order valence-electron chi connectivity index (χ1n) is 7.95. The smallest absolute Gasteiger partial charge is 0.375 e. The fourth-order valence-electron chi connectivity index (χ4n) is 2.71. The van der Waals surface area contributed by atoms with Gasteiger partial charge in [-0.1, -0.05) is 29.8 Å². The highest BCUT2D eigenvalue weighted by molar-refractivity contribution is 7.92. The molecule has 5 nitrogen and oxygen atoms in total. The Morgan fingerprint density at radius 3 is 2.15 bits per heavy atom. The molecule has 0 aromatic heterocycles. The molecule has 0 aliphatic heterocycles. The van der Waals surface area contributed by atoms with Crippen LogP contribution in [0.3, 0.4) is 0 Å². The lowest BCUT2D eigenvalue weighted by atomic mass is 10.1. The molecule has 2 N–H and O–H groups in total. The van der Waals surface area contributed by atoms with Crippen LogP contribution in [0.2, 0.25) is 0 Å². The van der Waals surface area contributed by atoms with E-state index in [4.69, 9.17) is 0 Å². The zero-order chi connectivity index (χ0) is 20.4. The van der Waals surface area contributed by atoms with Crippen LogP contribution in [0, 0.1) is 20.8 Å². The van der Waals surface area contributed by atoms with Gasteiger partial charge in [-0.15, -0.1) is 0 Å². The molecule has 0 radical (unpaired) electrons. The number of hydrogen-bond donors (Lipinski definition) is 2. The van der Waals surface area contributed by atoms with Crippen LogP contribution in [0.25, 0.3) is 0 Å². The van der Waals surface area contributed by atoms with Crippen molar-refractivity contribution in [3.63, 3.8) is 0 Å². The first-order valence-corrected chi connectivity index (χ1v) is 9.43. The van der Waals surface area contributed by atoms with E-state index in [1.54, 1.807) is 0 Å². The van der Waals surface area contributed by atoms with Crippen molar-refractivity contribution in [3.05, 3.63) is 53.1 Å². The standard InChI is InChI=1S/C18H19F3N2O3S/c1-11-8-12(2)17(13(3)9-11)23-16(24)10-22-14-6-4-5-7-15(14)27(25,26)18(19,20)21/h4-9,22H,10H2,1-3H3,(H,23,24). The van der Waals surface area contributed by atoms with Crippen molar-refractivity contribution >= 4 is 27.1 Å². The number of nitrogens with one attached hydrogen (secondary N) is 2. The third-order valence-corrected chi connectivity index (χ3v) is 5.41. The Labute approximate surface area is 155 Å². The first kappa shape index (κ1) is 20.8. The molecule has 0 atom stereocenters. The molecule has 9 heteroatoms. The second-order valence-electron chi connectivity index (χ2n) is 6.12. The van der Waals surface area contributed by atoms with Gasteiger partial charge in [0.05, 0.1) is 17.1 Å². The summed E-state index contributed by atoms with van der Waals surface area (Å²) in [5.41, 5.74) is -2.37. The van der Waals surface area contributed by atoms with Crippen molar-refractivity contribution in [3.8, 4) is 0 Å². The number of halogens is 3. The summed E-state index contributed by atoms with van der Waals surface area (Å²) in [7, 11) is -5.53. The fraction of sp³-hybridized carbons (Fsp3) is 0.278. The molecule has 0 heterocycles. The minimum Gasteiger partial charge on any atom is -0.375 e. The number of anilines is 2. The average Bonchev–Trinajstić information content (AvgIpc) is 2.55. The molecular formula is C18H19F3N2O3S. The van der Waals surface area contributed by atoms with Gasteiger partial charge < -0.3 is 10.6 Å². The second kappa shape index (κ2) is 7.59. The first-order chi connectivity index (χ1) is 12.4. The Morgan fingerprint density at radius 1 is 1.04 bits per heavy atom. The van der Waals surface area contributed by atoms with E-state index in [-0.39, 0.29) is 5.69 Å². The highest BCUT2D eigenvalue weighted by Gasteiger charge is 2.47. The molecule has 0 aliphatic carbocycles. The molecule has 0 saturated heterocycles. The van der Waals surface area contributed by atoms with E-state index in [9.17, 15) is 26.4 Å². The minimum atomic E-state index is -5.53. The fourth-order valence-corrected chi connectivity index (χ4v) is 3.64. The van der Waals surface area contributed by atoms with Gasteiger partial charge in [0.15, 0.2) is 0 Å². The van der Waals surface area contributed by atoms with Gasteiger partial charge in [0.25, 0.3) is 9.84 Å². The summed E-state index contributed by atoms with van der Waals surface area (Å²) >= 11 is 0. The summed E-state index contributed by atoms with van der Waals surface area (Å²) in [6, 6.07) is 8.36. The largest absolute Gasteiger partial charge is 0.501 e. The summed E-state index contributed by atoms with van der Waals surface area (Å²) in [5.74, 6) is -0.510. The molecule has 2 aromatic rings. The van der Waals surface area contributed by atoms with Crippen molar-refractivity contribution in [2.24, 2.45) is 0 Å². The molecule has 146 valence electrons. The number of aryl methyl sites for hydroxylation is 3. The minimum absolute atomic E-state index is 0.290. The third-order valence-electron chi connectivity index (χ3n) is 3.86. The topological polar surface area (TPSA) is 75.3 Å². The molecule has 2 rings (SSSR count). The van der Waals surface area contributed by atoms with E-state index in [1.165, 1.54) is 18.2 Å². The summed E-state index contributed by atoms with van der Waals surface area (Å²) < 4.78 is 61.8. The van der Waals surface area contributed by atoms with Crippen LogP contribution in [0.5, 0.6) is 0 Å². The normalized spacial score (nSPS) is 11.9. The maximum absolute atomic E-state index is 12.8. The Hall–Kier alpha value is -2.55. The second-order valence-corrected chi connectivity index (χ2v) is 8.03. The van der Waals surface area contributed by atoms with Gasteiger partial charge in [0, 0.05) is 5.69 Å². The summed E-state index contributed by atoms with van der Waals surface area (Å²) in [6.07, 6.45) is 0. The quantitative estimate of drug-likeness (QED) is 0.797. The number of carbonyl (C=O) groups is 1. The third kappa shape index (κ3) is 4.60. The van der Waals surface area contributed by atoms with Crippen LogP contribution < -0.4 is 10.6 Å². The number of benzene rings is 2. The molecule has 0 saturated carbocycles. The van der Waals surface area contributed by atoms with Gasteiger partial charge >= 0.3 is 5.51 Å². The van der Waals surface area contributed by atoms with Gasteiger partial charge in [-0.25, -0.2) is 8.42 Å². The Kier molecular flexibility index (Phi) is 5.84. The summed E-state index contributed by atoms with van der Waals surface area (Å²) in [5, 5.41) is 5.16. The van der Waals surface area contributed by atoms with Crippen LogP contribution in [0.1, 0.15) is 16.7 Å². The zero-order valence-electron chi connectivity index (χ0n) is 14.9. The van der Waals surface area contributed by atoms with E-state index in [0.717, 1.165) is 22.8 Å². The van der Waals surface area contributed by atoms with Crippen molar-refractivity contribution in [1.29, 1.82) is 0 Å². The van der Waals surface area contributed by atoms with Gasteiger partial charge in [-0.3, -0.25) is 4.79 Å². The van der Waals surface area contributed by atoms with Crippen molar-refractivity contribution in [1.82, 2.24) is 0 Å². The van der Waals surface area contributed by atoms with Gasteiger partial charge in [0.1, 0.15) is 0 Å². The van der Waals surface area contributed by atoms with Crippen LogP contribution in [0.15, 0.2) is 41.3 Å². The van der Waals surface area contributed by atoms with E-state index in [1.807, 2.05) is 32.9 Å². The Morgan fingerprint density at radius 2 is 1.59 bits per heavy atom. The van der Waals surface area contributed by atoms with E-state index < -0.39 is 32.7 Å². The molecular weight excluding hydrogens is 381 g/mol. The number of rotatable bonds is 5. The maximum Gasteiger partial charge on any atom is 0.501 e. The lowest BCUT2D eigenvalue weighted by Gasteiger charge is -2.15. The Balaban J connectivity index is 2.18. The van der Waals surface area contributed by atoms with Crippen molar-refractivity contribution in [2.45, 2.75) is 31.2 Å². The molecule has 0 fully saturated rings. The van der Waals surface area contributed by atoms with Crippen LogP contribution >= 0.6 is 0 Å². The molecule has 0 bridgehead atoms. The lowest BCUT2D eigenvalue weighted by molar-refractivity contribution is -0.114. The summed E-state index contributed by atoms with van der Waals surface area (Å²) in [6.45, 7) is 5.19. The summed E-state index contributed by atoms with van der Waals surface area (Å²) in [4.78, 5) is 11.3. The number of hydrogen-bond acceptors (Lipinski definition) is 4. The molecule has 27 heavy (non-hydrogen) atoms. The van der Waals surface area contributed by atoms with Gasteiger partial charge in [-0.05, 0) is 44.0 Å². The monoisotopic (exact) mass is 400 g/mol. The predicted molar refractivity (Wildman–Crippen MR) is 97.5 cm³/mol. The van der Waals surface area contributed by atoms with E-state index in [0.29, 0.717) is 5.69 Å². The Bertz CT molecular complexity index is 947. The highest BCUT2D eigenvalue weighted by Crippen LogP contribution is 2.34. The van der Waals surface area contributed by atoms with Crippen LogP contribution in [-0.4, -0.2) is 26.4 Å². The number of carbonyl (C=O) groups excluding carboxylic acids is 1. The lowest BCUT2D eigenvalue weighted by Crippen LogP contribution is -2.26. The molecule has 0 aliphatic rings. The molecule has 2 aromatic carbocycles. The highest BCUT2D eigenvalue weighted by atomic mass is 32.2. The van der Waals surface area contributed by atoms with Gasteiger partial charge in [-0.2, -0.15) is 13.2 Å². The van der Waals surface area contributed by atoms with Crippen molar-refractivity contribution < 1.29 is 26.4 Å². The molecule has 1 amide bonds. The molecule has 0 unspecified atom stereocenters. The van der Waals surface area contributed by atoms with E-state index in [2.05, 4.69) is 10.6 Å². The maximum atomic E-state index is 12.8. The molecule has 0 spiro atoms.